The number of rotatable bonds is 3. The first-order chi connectivity index (χ1) is 6.95. The molecule has 0 saturated carbocycles. The van der Waals surface area contributed by atoms with Crippen LogP contribution in [0.3, 0.4) is 0 Å². The van der Waals surface area contributed by atoms with Crippen LogP contribution in [-0.2, 0) is 12.6 Å². The quantitative estimate of drug-likeness (QED) is 0.797. The molecule has 0 fully saturated rings. The zero-order valence-corrected chi connectivity index (χ0v) is 7.83. The average molecular weight is 220 g/mol. The standard InChI is InChI=1S/C9H11F3N2O/c10-9(11,12)7-2-1-3-14-8(7)4-6(13)5-15/h1-3,6,15H,4-5,13H2/t6-/m1/s1. The Hall–Kier alpha value is -1.14. The van der Waals surface area contributed by atoms with E-state index in [2.05, 4.69) is 4.98 Å². The molecule has 0 aliphatic heterocycles. The van der Waals surface area contributed by atoms with Gasteiger partial charge in [0.15, 0.2) is 0 Å². The smallest absolute Gasteiger partial charge is 0.395 e. The molecule has 0 aliphatic rings. The van der Waals surface area contributed by atoms with Gasteiger partial charge in [0.05, 0.1) is 17.9 Å². The molecule has 1 atom stereocenters. The Morgan fingerprint density at radius 1 is 1.47 bits per heavy atom. The van der Waals surface area contributed by atoms with Crippen molar-refractivity contribution in [2.75, 3.05) is 6.61 Å². The van der Waals surface area contributed by atoms with Crippen LogP contribution in [0.15, 0.2) is 18.3 Å². The van der Waals surface area contributed by atoms with E-state index in [1.54, 1.807) is 0 Å². The van der Waals surface area contributed by atoms with Crippen LogP contribution in [0.5, 0.6) is 0 Å². The van der Waals surface area contributed by atoms with Crippen LogP contribution in [-0.4, -0.2) is 22.7 Å². The average Bonchev–Trinajstić information content (AvgIpc) is 2.17. The lowest BCUT2D eigenvalue weighted by Gasteiger charge is -2.13. The van der Waals surface area contributed by atoms with Gasteiger partial charge in [-0.3, -0.25) is 4.98 Å². The zero-order chi connectivity index (χ0) is 11.5. The van der Waals surface area contributed by atoms with Crippen molar-refractivity contribution in [2.24, 2.45) is 5.73 Å². The van der Waals surface area contributed by atoms with E-state index in [1.807, 2.05) is 0 Å². The van der Waals surface area contributed by atoms with E-state index >= 15 is 0 Å². The Morgan fingerprint density at radius 2 is 2.13 bits per heavy atom. The van der Waals surface area contributed by atoms with Crippen molar-refractivity contribution in [1.29, 1.82) is 0 Å². The third-order valence-electron chi connectivity index (χ3n) is 1.89. The Balaban J connectivity index is 2.97. The fourth-order valence-corrected chi connectivity index (χ4v) is 1.17. The summed E-state index contributed by atoms with van der Waals surface area (Å²) in [7, 11) is 0. The molecule has 0 aromatic carbocycles. The van der Waals surface area contributed by atoms with Gasteiger partial charge in [0, 0.05) is 18.7 Å². The molecule has 1 heterocycles. The van der Waals surface area contributed by atoms with E-state index in [0.29, 0.717) is 0 Å². The molecular formula is C9H11F3N2O. The summed E-state index contributed by atoms with van der Waals surface area (Å²) < 4.78 is 37.4. The van der Waals surface area contributed by atoms with E-state index < -0.39 is 17.8 Å². The number of aromatic nitrogens is 1. The van der Waals surface area contributed by atoms with Gasteiger partial charge in [-0.25, -0.2) is 0 Å². The van der Waals surface area contributed by atoms with Crippen LogP contribution in [0, 0.1) is 0 Å². The number of aliphatic hydroxyl groups excluding tert-OH is 1. The minimum atomic E-state index is -4.43. The van der Waals surface area contributed by atoms with Gasteiger partial charge < -0.3 is 10.8 Å². The van der Waals surface area contributed by atoms with Crippen LogP contribution in [0.1, 0.15) is 11.3 Å². The van der Waals surface area contributed by atoms with E-state index in [0.717, 1.165) is 6.07 Å². The van der Waals surface area contributed by atoms with E-state index in [9.17, 15) is 13.2 Å². The summed E-state index contributed by atoms with van der Waals surface area (Å²) in [4.78, 5) is 3.62. The Kier molecular flexibility index (Phi) is 3.65. The highest BCUT2D eigenvalue weighted by atomic mass is 19.4. The molecule has 0 amide bonds. The summed E-state index contributed by atoms with van der Waals surface area (Å²) in [6.07, 6.45) is -3.25. The minimum Gasteiger partial charge on any atom is -0.395 e. The molecular weight excluding hydrogens is 209 g/mol. The van der Waals surface area contributed by atoms with Gasteiger partial charge >= 0.3 is 6.18 Å². The highest BCUT2D eigenvalue weighted by Gasteiger charge is 2.33. The molecule has 0 spiro atoms. The van der Waals surface area contributed by atoms with Crippen molar-refractivity contribution in [1.82, 2.24) is 4.98 Å². The van der Waals surface area contributed by atoms with Gasteiger partial charge in [0.1, 0.15) is 0 Å². The van der Waals surface area contributed by atoms with Gasteiger partial charge in [-0.2, -0.15) is 13.2 Å². The van der Waals surface area contributed by atoms with Crippen molar-refractivity contribution < 1.29 is 18.3 Å². The molecule has 0 unspecified atom stereocenters. The lowest BCUT2D eigenvalue weighted by atomic mass is 10.1. The number of nitrogens with zero attached hydrogens (tertiary/aromatic N) is 1. The molecule has 6 heteroatoms. The van der Waals surface area contributed by atoms with Crippen molar-refractivity contribution in [2.45, 2.75) is 18.6 Å². The topological polar surface area (TPSA) is 59.1 Å². The summed E-state index contributed by atoms with van der Waals surface area (Å²) in [5.41, 5.74) is 4.43. The van der Waals surface area contributed by atoms with Crippen molar-refractivity contribution in [3.63, 3.8) is 0 Å². The third-order valence-corrected chi connectivity index (χ3v) is 1.89. The normalized spacial score (nSPS) is 13.9. The van der Waals surface area contributed by atoms with Crippen LogP contribution < -0.4 is 5.73 Å². The molecule has 15 heavy (non-hydrogen) atoms. The molecule has 3 N–H and O–H groups in total. The maximum absolute atomic E-state index is 12.5. The number of hydrogen-bond acceptors (Lipinski definition) is 3. The maximum atomic E-state index is 12.5. The summed E-state index contributed by atoms with van der Waals surface area (Å²) >= 11 is 0. The monoisotopic (exact) mass is 220 g/mol. The number of pyridine rings is 1. The molecule has 0 bridgehead atoms. The first kappa shape index (κ1) is 11.9. The van der Waals surface area contributed by atoms with Gasteiger partial charge in [0.2, 0.25) is 0 Å². The zero-order valence-electron chi connectivity index (χ0n) is 7.83. The van der Waals surface area contributed by atoms with Gasteiger partial charge in [-0.05, 0) is 12.1 Å². The molecule has 1 aromatic rings. The lowest BCUT2D eigenvalue weighted by Crippen LogP contribution is -2.28. The maximum Gasteiger partial charge on any atom is 0.418 e. The summed E-state index contributed by atoms with van der Waals surface area (Å²) in [6, 6.07) is 1.45. The summed E-state index contributed by atoms with van der Waals surface area (Å²) in [6.45, 7) is -0.367. The first-order valence-electron chi connectivity index (χ1n) is 4.32. The van der Waals surface area contributed by atoms with Crippen LogP contribution in [0.4, 0.5) is 13.2 Å². The summed E-state index contributed by atoms with van der Waals surface area (Å²) in [5.74, 6) is 0. The third kappa shape index (κ3) is 3.17. The largest absolute Gasteiger partial charge is 0.418 e. The number of halogens is 3. The molecule has 1 rings (SSSR count). The summed E-state index contributed by atoms with van der Waals surface area (Å²) in [5, 5.41) is 8.66. The van der Waals surface area contributed by atoms with Crippen molar-refractivity contribution >= 4 is 0 Å². The second kappa shape index (κ2) is 4.59. The van der Waals surface area contributed by atoms with Crippen LogP contribution >= 0.6 is 0 Å². The highest BCUT2D eigenvalue weighted by molar-refractivity contribution is 5.23. The van der Waals surface area contributed by atoms with E-state index in [-0.39, 0.29) is 18.7 Å². The molecule has 0 saturated heterocycles. The lowest BCUT2D eigenvalue weighted by molar-refractivity contribution is -0.138. The van der Waals surface area contributed by atoms with Gasteiger partial charge in [-0.1, -0.05) is 0 Å². The Bertz CT molecular complexity index is 327. The SMILES string of the molecule is N[C@@H](CO)Cc1ncccc1C(F)(F)F. The minimum absolute atomic E-state index is 0.0911. The fraction of sp³-hybridized carbons (Fsp3) is 0.444. The second-order valence-corrected chi connectivity index (χ2v) is 3.14. The van der Waals surface area contributed by atoms with Crippen LogP contribution in [0.25, 0.3) is 0 Å². The second-order valence-electron chi connectivity index (χ2n) is 3.14. The molecule has 0 radical (unpaired) electrons. The number of aliphatic hydroxyl groups is 1. The van der Waals surface area contributed by atoms with Gasteiger partial charge in [-0.15, -0.1) is 0 Å². The highest BCUT2D eigenvalue weighted by Crippen LogP contribution is 2.31. The van der Waals surface area contributed by atoms with Crippen molar-refractivity contribution in [3.05, 3.63) is 29.6 Å². The number of alkyl halides is 3. The van der Waals surface area contributed by atoms with E-state index in [4.69, 9.17) is 10.8 Å². The molecule has 84 valence electrons. The van der Waals surface area contributed by atoms with Crippen LogP contribution in [0.2, 0.25) is 0 Å². The predicted molar refractivity (Wildman–Crippen MR) is 48.0 cm³/mol. The van der Waals surface area contributed by atoms with Gasteiger partial charge in [0.25, 0.3) is 0 Å². The Morgan fingerprint density at radius 3 is 2.67 bits per heavy atom. The number of hydrogen-bond donors (Lipinski definition) is 2. The van der Waals surface area contributed by atoms with E-state index in [1.165, 1.54) is 12.3 Å². The molecule has 3 nitrogen and oxygen atoms in total. The fourth-order valence-electron chi connectivity index (χ4n) is 1.17. The number of nitrogens with two attached hydrogens (primary N) is 1. The molecule has 0 aliphatic carbocycles. The first-order valence-corrected chi connectivity index (χ1v) is 4.32. The Labute approximate surface area is 84.7 Å². The van der Waals surface area contributed by atoms with Crippen molar-refractivity contribution in [3.8, 4) is 0 Å². The molecule has 1 aromatic heterocycles. The predicted octanol–water partition coefficient (Wildman–Crippen LogP) is 0.962.